The molecule has 0 saturated carbocycles. The van der Waals surface area contributed by atoms with Crippen LogP contribution in [0.4, 0.5) is 0 Å². The van der Waals surface area contributed by atoms with E-state index in [1.807, 2.05) is 0 Å². The summed E-state index contributed by atoms with van der Waals surface area (Å²) < 4.78 is 21.2. The van der Waals surface area contributed by atoms with Gasteiger partial charge < -0.3 is 24.7 Å². The molecule has 2 rings (SSSR count). The van der Waals surface area contributed by atoms with Crippen molar-refractivity contribution >= 4 is 11.9 Å². The summed E-state index contributed by atoms with van der Waals surface area (Å²) in [4.78, 5) is 22.4. The summed E-state index contributed by atoms with van der Waals surface area (Å²) in [6.45, 7) is 3.39. The molecule has 0 spiro atoms. The quantitative estimate of drug-likeness (QED) is 0.545. The van der Waals surface area contributed by atoms with Gasteiger partial charge in [-0.25, -0.2) is 4.79 Å². The van der Waals surface area contributed by atoms with Gasteiger partial charge in [-0.05, 0) is 6.92 Å². The fourth-order valence-electron chi connectivity index (χ4n) is 2.21. The molecule has 2 N–H and O–H groups in total. The van der Waals surface area contributed by atoms with Crippen LogP contribution in [0.15, 0.2) is 11.8 Å². The predicted octanol–water partition coefficient (Wildman–Crippen LogP) is -0.510. The van der Waals surface area contributed by atoms with E-state index in [1.54, 1.807) is 6.92 Å². The van der Waals surface area contributed by atoms with Gasteiger partial charge in [0.25, 0.3) is 0 Å². The van der Waals surface area contributed by atoms with Gasteiger partial charge in [0.2, 0.25) is 0 Å². The van der Waals surface area contributed by atoms with Gasteiger partial charge in [-0.15, -0.1) is 0 Å². The first kappa shape index (κ1) is 13.8. The molecule has 0 radical (unpaired) electrons. The monoisotopic (exact) mass is 271 g/mol. The number of hydrogen-bond acceptors (Lipinski definition) is 7. The maximum atomic E-state index is 11.5. The molecule has 7 nitrogen and oxygen atoms in total. The lowest BCUT2D eigenvalue weighted by Gasteiger charge is -2.16. The van der Waals surface area contributed by atoms with Crippen LogP contribution in [0.3, 0.4) is 0 Å². The lowest BCUT2D eigenvalue weighted by Crippen LogP contribution is -2.35. The second kappa shape index (κ2) is 5.58. The van der Waals surface area contributed by atoms with Crippen molar-refractivity contribution in [1.82, 2.24) is 0 Å². The third kappa shape index (κ3) is 3.24. The third-order valence-electron chi connectivity index (χ3n) is 2.89. The van der Waals surface area contributed by atoms with Crippen LogP contribution in [-0.2, 0) is 28.5 Å². The third-order valence-corrected chi connectivity index (χ3v) is 2.89. The Bertz CT molecular complexity index is 403. The lowest BCUT2D eigenvalue weighted by molar-refractivity contribution is -0.151. The first-order valence-electron chi connectivity index (χ1n) is 6.02. The number of nitrogens with two attached hydrogens (primary N) is 1. The summed E-state index contributed by atoms with van der Waals surface area (Å²) in [5.41, 5.74) is 5.76. The number of fused-ring (bicyclic) bond motifs is 1. The largest absolute Gasteiger partial charge is 0.457 e. The van der Waals surface area contributed by atoms with E-state index in [0.717, 1.165) is 0 Å². The Labute approximate surface area is 110 Å². The number of allylic oxidation sites excluding steroid dienone is 1. The maximum Gasteiger partial charge on any atom is 0.332 e. The highest BCUT2D eigenvalue weighted by atomic mass is 16.7. The molecule has 0 aromatic rings. The van der Waals surface area contributed by atoms with Crippen molar-refractivity contribution in [2.75, 3.05) is 13.2 Å². The topological polar surface area (TPSA) is 97.1 Å². The van der Waals surface area contributed by atoms with E-state index < -0.39 is 24.3 Å². The molecule has 0 aromatic heterocycles. The Morgan fingerprint density at radius 2 is 1.63 bits per heavy atom. The molecule has 0 bridgehead atoms. The van der Waals surface area contributed by atoms with Crippen molar-refractivity contribution < 1.29 is 28.5 Å². The van der Waals surface area contributed by atoms with Crippen LogP contribution in [0.2, 0.25) is 0 Å². The van der Waals surface area contributed by atoms with Crippen molar-refractivity contribution in [3.05, 3.63) is 11.8 Å². The summed E-state index contributed by atoms with van der Waals surface area (Å²) in [5.74, 6) is -0.922. The van der Waals surface area contributed by atoms with Gasteiger partial charge in [0.15, 0.2) is 12.2 Å². The Morgan fingerprint density at radius 3 is 2.11 bits per heavy atom. The molecule has 106 valence electrons. The number of carbonyl (C=O) groups excluding carboxylic acids is 2. The van der Waals surface area contributed by atoms with Crippen molar-refractivity contribution in [2.24, 2.45) is 5.73 Å². The fourth-order valence-corrected chi connectivity index (χ4v) is 2.21. The van der Waals surface area contributed by atoms with Crippen molar-refractivity contribution in [3.8, 4) is 0 Å². The maximum absolute atomic E-state index is 11.5. The van der Waals surface area contributed by atoms with E-state index in [2.05, 4.69) is 0 Å². The van der Waals surface area contributed by atoms with Crippen LogP contribution in [0, 0.1) is 0 Å². The van der Waals surface area contributed by atoms with Gasteiger partial charge in [0.05, 0.1) is 13.2 Å². The Kier molecular flexibility index (Phi) is 4.06. The van der Waals surface area contributed by atoms with E-state index in [0.29, 0.717) is 5.70 Å². The smallest absolute Gasteiger partial charge is 0.332 e. The molecule has 0 aromatic carbocycles. The molecule has 4 atom stereocenters. The first-order valence-corrected chi connectivity index (χ1v) is 6.02. The zero-order chi connectivity index (χ0) is 14.0. The molecule has 2 heterocycles. The van der Waals surface area contributed by atoms with Gasteiger partial charge in [0, 0.05) is 18.7 Å². The Hall–Kier alpha value is -1.60. The zero-order valence-corrected chi connectivity index (χ0v) is 10.8. The van der Waals surface area contributed by atoms with Crippen molar-refractivity contribution in [3.63, 3.8) is 0 Å². The van der Waals surface area contributed by atoms with Gasteiger partial charge in [-0.3, -0.25) is 4.79 Å². The molecular weight excluding hydrogens is 254 g/mol. The minimum Gasteiger partial charge on any atom is -0.457 e. The van der Waals surface area contributed by atoms with Crippen LogP contribution in [-0.4, -0.2) is 49.6 Å². The number of rotatable bonds is 3. The SMILES string of the molecule is CC(=O)O[C@@H]1CO[C@H]2[C@@H]1OC[C@@H]2OC(=O)/C=C(/C)N. The lowest BCUT2D eigenvalue weighted by atomic mass is 10.1. The second-order valence-electron chi connectivity index (χ2n) is 4.61. The predicted molar refractivity (Wildman–Crippen MR) is 62.9 cm³/mol. The van der Waals surface area contributed by atoms with Crippen LogP contribution in [0.5, 0.6) is 0 Å². The number of ether oxygens (including phenoxy) is 4. The van der Waals surface area contributed by atoms with Gasteiger partial charge >= 0.3 is 11.9 Å². The summed E-state index contributed by atoms with van der Waals surface area (Å²) >= 11 is 0. The van der Waals surface area contributed by atoms with Gasteiger partial charge in [-0.1, -0.05) is 0 Å². The average molecular weight is 271 g/mol. The molecule has 2 aliphatic rings. The molecule has 0 unspecified atom stereocenters. The normalized spacial score (nSPS) is 33.9. The first-order chi connectivity index (χ1) is 8.97. The molecule has 19 heavy (non-hydrogen) atoms. The van der Waals surface area contributed by atoms with Crippen LogP contribution < -0.4 is 5.73 Å². The van der Waals surface area contributed by atoms with Crippen molar-refractivity contribution in [2.45, 2.75) is 38.3 Å². The standard InChI is InChI=1S/C12H17NO6/c1-6(13)3-10(15)19-9-5-17-11-8(18-7(2)14)4-16-12(9)11/h3,8-9,11-12H,4-5,13H2,1-2H3/b6-3-/t8-,9+,11-,12-/m1/s1. The summed E-state index contributed by atoms with van der Waals surface area (Å²) in [6, 6.07) is 0. The number of esters is 2. The van der Waals surface area contributed by atoms with Crippen molar-refractivity contribution in [1.29, 1.82) is 0 Å². The minimum atomic E-state index is -0.534. The summed E-state index contributed by atoms with van der Waals surface area (Å²) in [7, 11) is 0. The average Bonchev–Trinajstić information content (AvgIpc) is 2.81. The highest BCUT2D eigenvalue weighted by molar-refractivity contribution is 5.82. The molecule has 2 fully saturated rings. The Balaban J connectivity index is 1.92. The van der Waals surface area contributed by atoms with E-state index >= 15 is 0 Å². The molecular formula is C12H17NO6. The van der Waals surface area contributed by atoms with E-state index in [1.165, 1.54) is 13.0 Å². The number of carbonyl (C=O) groups is 2. The number of hydrogen-bond donors (Lipinski definition) is 1. The molecule has 2 saturated heterocycles. The summed E-state index contributed by atoms with van der Waals surface area (Å²) in [6.07, 6.45) is -0.540. The van der Waals surface area contributed by atoms with Crippen LogP contribution in [0.25, 0.3) is 0 Å². The molecule has 0 amide bonds. The minimum absolute atomic E-state index is 0.219. The second-order valence-corrected chi connectivity index (χ2v) is 4.61. The summed E-state index contributed by atoms with van der Waals surface area (Å²) in [5, 5.41) is 0. The fraction of sp³-hybridized carbons (Fsp3) is 0.667. The molecule has 7 heteroatoms. The molecule has 0 aliphatic carbocycles. The van der Waals surface area contributed by atoms with Crippen LogP contribution in [0.1, 0.15) is 13.8 Å². The van der Waals surface area contributed by atoms with E-state index in [9.17, 15) is 9.59 Å². The van der Waals surface area contributed by atoms with Gasteiger partial charge in [-0.2, -0.15) is 0 Å². The highest BCUT2D eigenvalue weighted by Gasteiger charge is 2.50. The van der Waals surface area contributed by atoms with E-state index in [-0.39, 0.29) is 25.3 Å². The van der Waals surface area contributed by atoms with E-state index in [4.69, 9.17) is 24.7 Å². The molecule has 2 aliphatic heterocycles. The highest BCUT2D eigenvalue weighted by Crippen LogP contribution is 2.30. The Morgan fingerprint density at radius 1 is 1.11 bits per heavy atom. The zero-order valence-electron chi connectivity index (χ0n) is 10.8. The van der Waals surface area contributed by atoms with Gasteiger partial charge in [0.1, 0.15) is 12.2 Å². The van der Waals surface area contributed by atoms with Crippen LogP contribution >= 0.6 is 0 Å².